The van der Waals surface area contributed by atoms with Crippen molar-refractivity contribution in [2.45, 2.75) is 38.2 Å². The fourth-order valence-corrected chi connectivity index (χ4v) is 2.93. The summed E-state index contributed by atoms with van der Waals surface area (Å²) in [5, 5.41) is 24.3. The molecule has 0 bridgehead atoms. The number of anilines is 1. The minimum absolute atomic E-state index is 0.0608. The molecule has 0 radical (unpaired) electrons. The summed E-state index contributed by atoms with van der Waals surface area (Å²) in [6, 6.07) is 2.52. The van der Waals surface area contributed by atoms with Gasteiger partial charge in [-0.2, -0.15) is 0 Å². The molecule has 0 amide bonds. The van der Waals surface area contributed by atoms with Gasteiger partial charge in [-0.3, -0.25) is 10.1 Å². The Kier molecular flexibility index (Phi) is 4.45. The first-order valence-corrected chi connectivity index (χ1v) is 7.04. The fraction of sp³-hybridized carbons (Fsp3) is 0.615. The Hall–Kier alpha value is -1.40. The van der Waals surface area contributed by atoms with Crippen LogP contribution in [0.25, 0.3) is 0 Å². The van der Waals surface area contributed by atoms with E-state index in [0.29, 0.717) is 18.3 Å². The van der Waals surface area contributed by atoms with E-state index in [0.717, 1.165) is 25.7 Å². The largest absolute Gasteiger partial charge is 0.388 e. The van der Waals surface area contributed by atoms with Crippen LogP contribution >= 0.6 is 11.6 Å². The molecule has 110 valence electrons. The first kappa shape index (κ1) is 15.0. The SMILES string of the molecule is CC1CCCC(O)(CNc2cc([N+](=O)[O-])cc(Cl)n2)C1. The van der Waals surface area contributed by atoms with Gasteiger partial charge in [-0.05, 0) is 18.8 Å². The number of rotatable bonds is 4. The Morgan fingerprint density at radius 3 is 3.05 bits per heavy atom. The highest BCUT2D eigenvalue weighted by Gasteiger charge is 2.32. The summed E-state index contributed by atoms with van der Waals surface area (Å²) < 4.78 is 0. The van der Waals surface area contributed by atoms with Gasteiger partial charge in [0.1, 0.15) is 11.0 Å². The average molecular weight is 300 g/mol. The third-order valence-corrected chi connectivity index (χ3v) is 3.85. The number of pyridine rings is 1. The van der Waals surface area contributed by atoms with Crippen molar-refractivity contribution in [2.75, 3.05) is 11.9 Å². The average Bonchev–Trinajstić information content (AvgIpc) is 2.35. The maximum Gasteiger partial charge on any atom is 0.276 e. The third kappa shape index (κ3) is 3.80. The van der Waals surface area contributed by atoms with E-state index in [1.54, 1.807) is 0 Å². The van der Waals surface area contributed by atoms with Crippen LogP contribution in [0.2, 0.25) is 5.15 Å². The first-order valence-electron chi connectivity index (χ1n) is 6.66. The van der Waals surface area contributed by atoms with Crippen LogP contribution in [-0.2, 0) is 0 Å². The van der Waals surface area contributed by atoms with Crippen LogP contribution in [0.3, 0.4) is 0 Å². The predicted molar refractivity (Wildman–Crippen MR) is 77.0 cm³/mol. The van der Waals surface area contributed by atoms with Gasteiger partial charge in [0.2, 0.25) is 0 Å². The summed E-state index contributed by atoms with van der Waals surface area (Å²) in [7, 11) is 0. The second kappa shape index (κ2) is 5.93. The van der Waals surface area contributed by atoms with E-state index in [1.807, 2.05) is 0 Å². The van der Waals surface area contributed by atoms with Crippen LogP contribution in [0.5, 0.6) is 0 Å². The quantitative estimate of drug-likeness (QED) is 0.507. The van der Waals surface area contributed by atoms with E-state index >= 15 is 0 Å². The number of hydrogen-bond donors (Lipinski definition) is 2. The number of hydrogen-bond acceptors (Lipinski definition) is 5. The smallest absolute Gasteiger partial charge is 0.276 e. The molecule has 1 aromatic heterocycles. The number of nitrogens with one attached hydrogen (secondary N) is 1. The Labute approximate surface area is 122 Å². The zero-order valence-corrected chi connectivity index (χ0v) is 12.1. The Balaban J connectivity index is 2.05. The van der Waals surface area contributed by atoms with Gasteiger partial charge >= 0.3 is 0 Å². The summed E-state index contributed by atoms with van der Waals surface area (Å²) in [4.78, 5) is 14.2. The lowest BCUT2D eigenvalue weighted by atomic mass is 9.79. The van der Waals surface area contributed by atoms with Crippen molar-refractivity contribution in [2.24, 2.45) is 5.92 Å². The molecule has 6 nitrogen and oxygen atoms in total. The van der Waals surface area contributed by atoms with Gasteiger partial charge in [-0.1, -0.05) is 31.4 Å². The molecule has 1 aliphatic carbocycles. The van der Waals surface area contributed by atoms with Crippen LogP contribution in [-0.4, -0.2) is 27.2 Å². The van der Waals surface area contributed by atoms with Crippen LogP contribution in [0.1, 0.15) is 32.6 Å². The second-order valence-corrected chi connectivity index (χ2v) is 5.96. The normalized spacial score (nSPS) is 26.2. The number of halogens is 1. The van der Waals surface area contributed by atoms with E-state index in [2.05, 4.69) is 17.2 Å². The Morgan fingerprint density at radius 2 is 2.40 bits per heavy atom. The van der Waals surface area contributed by atoms with Crippen LogP contribution < -0.4 is 5.32 Å². The summed E-state index contributed by atoms with van der Waals surface area (Å²) in [5.41, 5.74) is -0.896. The highest BCUT2D eigenvalue weighted by Crippen LogP contribution is 2.32. The Morgan fingerprint density at radius 1 is 1.65 bits per heavy atom. The summed E-state index contributed by atoms with van der Waals surface area (Å²) in [6.45, 7) is 2.44. The molecule has 20 heavy (non-hydrogen) atoms. The van der Waals surface area contributed by atoms with Crippen molar-refractivity contribution in [1.82, 2.24) is 4.98 Å². The van der Waals surface area contributed by atoms with Crippen molar-refractivity contribution < 1.29 is 10.0 Å². The lowest BCUT2D eigenvalue weighted by Gasteiger charge is -2.35. The number of nitrogens with zero attached hydrogens (tertiary/aromatic N) is 2. The molecule has 2 atom stereocenters. The van der Waals surface area contributed by atoms with Crippen molar-refractivity contribution >= 4 is 23.1 Å². The van der Waals surface area contributed by atoms with E-state index in [4.69, 9.17) is 11.6 Å². The lowest BCUT2D eigenvalue weighted by molar-refractivity contribution is -0.384. The maximum absolute atomic E-state index is 10.8. The van der Waals surface area contributed by atoms with Gasteiger partial charge in [-0.15, -0.1) is 0 Å². The predicted octanol–water partition coefficient (Wildman–Crippen LogP) is 3.00. The van der Waals surface area contributed by atoms with E-state index in [9.17, 15) is 15.2 Å². The van der Waals surface area contributed by atoms with Gasteiger partial charge in [-0.25, -0.2) is 4.98 Å². The molecular weight excluding hydrogens is 282 g/mol. The highest BCUT2D eigenvalue weighted by molar-refractivity contribution is 6.29. The first-order chi connectivity index (χ1) is 9.38. The maximum atomic E-state index is 10.8. The van der Waals surface area contributed by atoms with Gasteiger partial charge in [0.25, 0.3) is 5.69 Å². The standard InChI is InChI=1S/C13H18ClN3O3/c1-9-3-2-4-13(18,7-9)8-15-12-6-10(17(19)20)5-11(14)16-12/h5-6,9,18H,2-4,7-8H2,1H3,(H,15,16). The molecule has 1 heterocycles. The number of aliphatic hydroxyl groups is 1. The van der Waals surface area contributed by atoms with Gasteiger partial charge < -0.3 is 10.4 Å². The van der Waals surface area contributed by atoms with Crippen molar-refractivity contribution in [1.29, 1.82) is 0 Å². The van der Waals surface area contributed by atoms with Crippen LogP contribution in [0.15, 0.2) is 12.1 Å². The third-order valence-electron chi connectivity index (χ3n) is 3.66. The van der Waals surface area contributed by atoms with E-state index in [-0.39, 0.29) is 10.8 Å². The molecule has 1 fully saturated rings. The van der Waals surface area contributed by atoms with E-state index in [1.165, 1.54) is 12.1 Å². The molecule has 2 N–H and O–H groups in total. The van der Waals surface area contributed by atoms with Crippen LogP contribution in [0, 0.1) is 16.0 Å². The molecule has 2 rings (SSSR count). The topological polar surface area (TPSA) is 88.3 Å². The highest BCUT2D eigenvalue weighted by atomic mass is 35.5. The second-order valence-electron chi connectivity index (χ2n) is 5.57. The minimum atomic E-state index is -0.781. The van der Waals surface area contributed by atoms with Crippen molar-refractivity contribution in [3.63, 3.8) is 0 Å². The summed E-state index contributed by atoms with van der Waals surface area (Å²) in [5.74, 6) is 0.799. The van der Waals surface area contributed by atoms with Gasteiger partial charge in [0.15, 0.2) is 0 Å². The fourth-order valence-electron chi connectivity index (χ4n) is 2.73. The van der Waals surface area contributed by atoms with Gasteiger partial charge in [0, 0.05) is 6.54 Å². The molecular formula is C13H18ClN3O3. The molecule has 7 heteroatoms. The monoisotopic (exact) mass is 299 g/mol. The van der Waals surface area contributed by atoms with Crippen molar-refractivity contribution in [3.8, 4) is 0 Å². The lowest BCUT2D eigenvalue weighted by Crippen LogP contribution is -2.41. The Bertz CT molecular complexity index is 512. The molecule has 2 unspecified atom stereocenters. The molecule has 0 spiro atoms. The summed E-state index contributed by atoms with van der Waals surface area (Å²) >= 11 is 5.76. The molecule has 1 saturated carbocycles. The summed E-state index contributed by atoms with van der Waals surface area (Å²) in [6.07, 6.45) is 3.57. The molecule has 0 aromatic carbocycles. The number of nitro groups is 1. The molecule has 0 aliphatic heterocycles. The van der Waals surface area contributed by atoms with Crippen molar-refractivity contribution in [3.05, 3.63) is 27.4 Å². The van der Waals surface area contributed by atoms with E-state index < -0.39 is 10.5 Å². The van der Waals surface area contributed by atoms with Crippen LogP contribution in [0.4, 0.5) is 11.5 Å². The molecule has 1 aliphatic rings. The molecule has 0 saturated heterocycles. The molecule has 1 aromatic rings. The zero-order chi connectivity index (χ0) is 14.8. The zero-order valence-electron chi connectivity index (χ0n) is 11.3. The van der Waals surface area contributed by atoms with Gasteiger partial charge in [0.05, 0.1) is 22.7 Å². The number of aromatic nitrogens is 1. The minimum Gasteiger partial charge on any atom is -0.388 e.